The van der Waals surface area contributed by atoms with E-state index in [1.165, 1.54) is 25.3 Å². The van der Waals surface area contributed by atoms with Crippen LogP contribution in [-0.2, 0) is 0 Å². The molecule has 0 aromatic heterocycles. The molecule has 0 nitrogen and oxygen atoms in total. The third-order valence-electron chi connectivity index (χ3n) is 4.79. The maximum absolute atomic E-state index is 13.8. The molecule has 1 rings (SSSR count). The lowest BCUT2D eigenvalue weighted by Crippen LogP contribution is -1.98. The molecule has 0 radical (unpaired) electrons. The second-order valence-corrected chi connectivity index (χ2v) is 7.01. The van der Waals surface area contributed by atoms with E-state index >= 15 is 0 Å². The van der Waals surface area contributed by atoms with Crippen LogP contribution in [0.2, 0.25) is 0 Å². The maximum atomic E-state index is 13.8. The highest BCUT2D eigenvalue weighted by atomic mass is 19.2. The van der Waals surface area contributed by atoms with Gasteiger partial charge in [-0.15, -0.1) is 6.58 Å². The van der Waals surface area contributed by atoms with Crippen molar-refractivity contribution in [3.05, 3.63) is 76.4 Å². The van der Waals surface area contributed by atoms with Crippen molar-refractivity contribution in [1.29, 1.82) is 0 Å². The summed E-state index contributed by atoms with van der Waals surface area (Å²) < 4.78 is 27.2. The average Bonchev–Trinajstić information content (AvgIpc) is 2.62. The summed E-state index contributed by atoms with van der Waals surface area (Å²) in [6.07, 6.45) is 11.3. The Labute approximate surface area is 158 Å². The molecule has 0 aliphatic carbocycles. The Hall–Kier alpha value is -1.96. The third kappa shape index (κ3) is 6.40. The highest BCUT2D eigenvalue weighted by molar-refractivity contribution is 5.61. The fourth-order valence-corrected chi connectivity index (χ4v) is 3.06. The zero-order valence-corrected chi connectivity index (χ0v) is 16.8. The van der Waals surface area contributed by atoms with E-state index in [-0.39, 0.29) is 0 Å². The number of hydrogen-bond acceptors (Lipinski definition) is 0. The summed E-state index contributed by atoms with van der Waals surface area (Å²) in [5.41, 5.74) is 5.02. The van der Waals surface area contributed by atoms with Crippen LogP contribution < -0.4 is 0 Å². The fourth-order valence-electron chi connectivity index (χ4n) is 3.06. The van der Waals surface area contributed by atoms with Gasteiger partial charge in [-0.25, -0.2) is 8.78 Å². The number of unbranched alkanes of at least 4 members (excludes halogenated alkanes) is 2. The van der Waals surface area contributed by atoms with Gasteiger partial charge in [0.1, 0.15) is 0 Å². The smallest absolute Gasteiger partial charge is 0.161 e. The molecule has 0 aliphatic heterocycles. The topological polar surface area (TPSA) is 0 Å². The summed E-state index contributed by atoms with van der Waals surface area (Å²) in [4.78, 5) is 0. The Kier molecular flexibility index (Phi) is 9.26. The van der Waals surface area contributed by atoms with Crippen LogP contribution in [0.25, 0.3) is 6.08 Å². The second-order valence-electron chi connectivity index (χ2n) is 7.01. The van der Waals surface area contributed by atoms with Gasteiger partial charge in [0.15, 0.2) is 11.7 Å². The maximum Gasteiger partial charge on any atom is 0.161 e. The lowest BCUT2D eigenvalue weighted by atomic mass is 9.90. The number of hydrogen-bond donors (Lipinski definition) is 0. The van der Waals surface area contributed by atoms with Crippen LogP contribution in [0.1, 0.15) is 74.6 Å². The molecule has 0 heterocycles. The van der Waals surface area contributed by atoms with Gasteiger partial charge in [0.05, 0.1) is 0 Å². The molecule has 0 saturated carbocycles. The minimum Gasteiger partial charge on any atom is -0.204 e. The van der Waals surface area contributed by atoms with Gasteiger partial charge < -0.3 is 0 Å². The van der Waals surface area contributed by atoms with Gasteiger partial charge in [0, 0.05) is 0 Å². The molecule has 1 atom stereocenters. The standard InChI is InChI=1S/C24H32F2/c1-7-9-10-11-12-17(3)21-15-19(5)22(20(6)16-21)14-13-18(4)24(26)23(25)8-2/h7-8,13-17H,1,9-12H2,2-6H3/b14-13+,23-8+,24-18+. The van der Waals surface area contributed by atoms with Crippen LogP contribution in [0.15, 0.2) is 54.2 Å². The predicted molar refractivity (Wildman–Crippen MR) is 111 cm³/mol. The first-order valence-electron chi connectivity index (χ1n) is 9.40. The monoisotopic (exact) mass is 358 g/mol. The lowest BCUT2D eigenvalue weighted by molar-refractivity contribution is 0.538. The molecule has 0 amide bonds. The first kappa shape index (κ1) is 22.1. The summed E-state index contributed by atoms with van der Waals surface area (Å²) in [7, 11) is 0. The summed E-state index contributed by atoms with van der Waals surface area (Å²) in [6, 6.07) is 4.43. The Morgan fingerprint density at radius 3 is 2.31 bits per heavy atom. The van der Waals surface area contributed by atoms with Gasteiger partial charge in [-0.2, -0.15) is 0 Å². The van der Waals surface area contributed by atoms with Gasteiger partial charge in [-0.3, -0.25) is 0 Å². The normalized spacial score (nSPS) is 14.5. The quantitative estimate of drug-likeness (QED) is 0.237. The number of allylic oxidation sites excluding steroid dienone is 6. The third-order valence-corrected chi connectivity index (χ3v) is 4.79. The van der Waals surface area contributed by atoms with Gasteiger partial charge in [-0.05, 0) is 86.8 Å². The number of rotatable bonds is 9. The highest BCUT2D eigenvalue weighted by Gasteiger charge is 2.10. The molecule has 26 heavy (non-hydrogen) atoms. The van der Waals surface area contributed by atoms with Crippen molar-refractivity contribution in [3.8, 4) is 0 Å². The van der Waals surface area contributed by atoms with Gasteiger partial charge in [0.2, 0.25) is 0 Å². The van der Waals surface area contributed by atoms with Gasteiger partial charge in [0.25, 0.3) is 0 Å². The van der Waals surface area contributed by atoms with Crippen molar-refractivity contribution in [2.75, 3.05) is 0 Å². The molecule has 0 bridgehead atoms. The van der Waals surface area contributed by atoms with Crippen molar-refractivity contribution in [2.45, 2.75) is 66.2 Å². The van der Waals surface area contributed by atoms with Crippen molar-refractivity contribution in [3.63, 3.8) is 0 Å². The highest BCUT2D eigenvalue weighted by Crippen LogP contribution is 2.28. The molecule has 1 aromatic carbocycles. The SMILES string of the molecule is C=CCCCCC(C)c1cc(C)c(/C=C/C(C)=C(F)\C(F)=C/C)c(C)c1. The number of benzene rings is 1. The van der Waals surface area contributed by atoms with E-state index in [9.17, 15) is 8.78 Å². The largest absolute Gasteiger partial charge is 0.204 e. The van der Waals surface area contributed by atoms with Crippen LogP contribution in [0.3, 0.4) is 0 Å². The molecular formula is C24H32F2. The van der Waals surface area contributed by atoms with Crippen molar-refractivity contribution in [1.82, 2.24) is 0 Å². The Bertz CT molecular complexity index is 682. The molecule has 0 fully saturated rings. The molecule has 0 aliphatic rings. The number of aryl methyl sites for hydroxylation is 2. The van der Waals surface area contributed by atoms with E-state index in [1.54, 1.807) is 13.0 Å². The van der Waals surface area contributed by atoms with Gasteiger partial charge >= 0.3 is 0 Å². The molecule has 0 N–H and O–H groups in total. The lowest BCUT2D eigenvalue weighted by Gasteiger charge is -2.16. The van der Waals surface area contributed by atoms with Crippen molar-refractivity contribution in [2.24, 2.45) is 0 Å². The summed E-state index contributed by atoms with van der Waals surface area (Å²) >= 11 is 0. The van der Waals surface area contributed by atoms with E-state index in [4.69, 9.17) is 0 Å². The van der Waals surface area contributed by atoms with Crippen molar-refractivity contribution >= 4 is 6.08 Å². The van der Waals surface area contributed by atoms with Crippen LogP contribution in [0.4, 0.5) is 8.78 Å². The van der Waals surface area contributed by atoms with Crippen LogP contribution >= 0.6 is 0 Å². The van der Waals surface area contributed by atoms with E-state index in [1.807, 2.05) is 12.2 Å². The van der Waals surface area contributed by atoms with E-state index in [2.05, 4.69) is 39.5 Å². The van der Waals surface area contributed by atoms with Crippen LogP contribution in [-0.4, -0.2) is 0 Å². The van der Waals surface area contributed by atoms with E-state index in [0.29, 0.717) is 11.5 Å². The van der Waals surface area contributed by atoms with Crippen LogP contribution in [0, 0.1) is 13.8 Å². The molecular weight excluding hydrogens is 326 g/mol. The number of halogens is 2. The molecule has 0 spiro atoms. The molecule has 1 unspecified atom stereocenters. The molecule has 1 aromatic rings. The van der Waals surface area contributed by atoms with Crippen LogP contribution in [0.5, 0.6) is 0 Å². The summed E-state index contributed by atoms with van der Waals surface area (Å²) in [5.74, 6) is -1.11. The van der Waals surface area contributed by atoms with E-state index < -0.39 is 11.7 Å². The Morgan fingerprint density at radius 1 is 1.15 bits per heavy atom. The van der Waals surface area contributed by atoms with Gasteiger partial charge in [-0.1, -0.05) is 43.7 Å². The summed E-state index contributed by atoms with van der Waals surface area (Å²) in [5, 5.41) is 0. The fraction of sp³-hybridized carbons (Fsp3) is 0.417. The zero-order valence-electron chi connectivity index (χ0n) is 16.8. The zero-order chi connectivity index (χ0) is 19.7. The average molecular weight is 359 g/mol. The van der Waals surface area contributed by atoms with Crippen molar-refractivity contribution < 1.29 is 8.78 Å². The first-order chi connectivity index (χ1) is 12.3. The first-order valence-corrected chi connectivity index (χ1v) is 9.40. The van der Waals surface area contributed by atoms with E-state index in [0.717, 1.165) is 35.6 Å². The molecule has 2 heteroatoms. The second kappa shape index (κ2) is 10.9. The Morgan fingerprint density at radius 2 is 1.77 bits per heavy atom. The molecule has 142 valence electrons. The summed E-state index contributed by atoms with van der Waals surface area (Å²) in [6.45, 7) is 13.2. The Balaban J connectivity index is 2.96. The predicted octanol–water partition coefficient (Wildman–Crippen LogP) is 8.28. The minimum atomic E-state index is -0.818. The molecule has 0 saturated heterocycles. The minimum absolute atomic E-state index is 0.291.